The van der Waals surface area contributed by atoms with E-state index in [0.717, 1.165) is 12.1 Å². The highest BCUT2D eigenvalue weighted by molar-refractivity contribution is 5.92. The predicted molar refractivity (Wildman–Crippen MR) is 315 cm³/mol. The fraction of sp³-hybridized carbons (Fsp3) is 0.458. The van der Waals surface area contributed by atoms with E-state index in [4.69, 9.17) is 71.1 Å². The van der Waals surface area contributed by atoms with Gasteiger partial charge in [-0.1, -0.05) is 47.4 Å². The average Bonchev–Trinajstić information content (AvgIpc) is 1.15. The van der Waals surface area contributed by atoms with E-state index in [1.807, 2.05) is 84.6 Å². The van der Waals surface area contributed by atoms with Gasteiger partial charge in [0.2, 0.25) is 0 Å². The molecule has 0 amide bonds. The number of ether oxygens (including phenoxy) is 2. The molecule has 4 unspecified atom stereocenters. The number of carboxylic acids is 8. The summed E-state index contributed by atoms with van der Waals surface area (Å²) < 4.78 is 11.8. The van der Waals surface area contributed by atoms with Crippen LogP contribution in [0.3, 0.4) is 0 Å². The van der Waals surface area contributed by atoms with Crippen molar-refractivity contribution in [1.82, 2.24) is 0 Å². The molecule has 0 aromatic heterocycles. The second kappa shape index (κ2) is 42.0. The summed E-state index contributed by atoms with van der Waals surface area (Å²) in [6.45, 7) is 3.45. The number of aliphatic hydroxyl groups is 4. The molecule has 0 radical (unpaired) electrons. The number of carbonyl (C=O) groups is 8. The number of aliphatic hydroxyl groups excluding tert-OH is 4. The van der Waals surface area contributed by atoms with E-state index in [1.165, 1.54) is 44.6 Å². The summed E-state index contributed by atoms with van der Waals surface area (Å²) in [7, 11) is 25.6. The van der Waals surface area contributed by atoms with Crippen LogP contribution >= 0.6 is 0 Å². The van der Waals surface area contributed by atoms with Gasteiger partial charge in [0.1, 0.15) is 73.6 Å². The Hall–Kier alpha value is -9.08. The maximum atomic E-state index is 11.1. The van der Waals surface area contributed by atoms with Crippen molar-refractivity contribution in [2.75, 3.05) is 125 Å². The van der Waals surface area contributed by atoms with Crippen LogP contribution in [0.2, 0.25) is 0 Å². The van der Waals surface area contributed by atoms with Crippen molar-refractivity contribution in [3.05, 3.63) is 101 Å². The fourth-order valence-electron chi connectivity index (χ4n) is 6.79. The normalized spacial score (nSPS) is 11.9. The molecule has 0 spiro atoms. The number of hydrogen-bond donors (Lipinski definition) is 13. The number of methoxy groups -OCH3 is 2. The van der Waals surface area contributed by atoms with Crippen molar-refractivity contribution >= 4 is 47.8 Å². The largest absolute Gasteiger partial charge is 0.872 e. The van der Waals surface area contributed by atoms with Gasteiger partial charge in [-0.2, -0.15) is 0 Å². The number of phenolic OH excluding ortho intramolecular Hbond substituents is 2. The molecule has 90 heavy (non-hydrogen) atoms. The standard InChI is InChI=1S/C8H8O4.2C8H8O3.4C7H15NO3.C7H6O5/c1-12-6-4-2-3-5(7(6)9)8(10)11;1-11-7-5-3-2-4-6(7)8(9)10;1-5-3-2-4-6(7(5)9)8(10)11;4*1-8(2,3)5-6(9)4-7(10)11;8-4-1-3(7(11)12)2-5(9)6(4)10/h2-4,9H,1H3,(H,10,11);2-5H,1H3,(H,9,10);2-4,9H,1H3,(H,10,11);4*6,9H,4-5H2,1-3H3;1-2,8-10H,(H,11,12). The first kappa shape index (κ1) is 87.4. The molecule has 4 rings (SSSR count). The summed E-state index contributed by atoms with van der Waals surface area (Å²) in [5, 5.41) is 156. The number of nitrogens with zero attached hydrogens (tertiary/aromatic N) is 4. The molecule has 4 aromatic rings. The number of aromatic carboxylic acids is 4. The van der Waals surface area contributed by atoms with Gasteiger partial charge in [0.25, 0.3) is 0 Å². The smallest absolute Gasteiger partial charge is 0.335 e. The number of hydrogen-bond acceptors (Lipinski definition) is 20. The Kier molecular flexibility index (Phi) is 40.7. The highest BCUT2D eigenvalue weighted by Gasteiger charge is 2.21. The Morgan fingerprint density at radius 2 is 0.689 bits per heavy atom. The number of quaternary nitrogens is 4. The monoisotopic (exact) mass is 1290 g/mol. The molecule has 0 aliphatic carbocycles. The number of para-hydroxylation sites is 3. The zero-order chi connectivity index (χ0) is 71.4. The van der Waals surface area contributed by atoms with Crippen LogP contribution < -0.4 is 29.9 Å². The third kappa shape index (κ3) is 46.1. The first-order chi connectivity index (χ1) is 40.8. The number of carbonyl (C=O) groups excluding carboxylic acids is 1. The van der Waals surface area contributed by atoms with Gasteiger partial charge >= 0.3 is 41.8 Å². The molecule has 0 heterocycles. The van der Waals surface area contributed by atoms with Crippen LogP contribution in [-0.4, -0.2) is 281 Å². The zero-order valence-corrected chi connectivity index (χ0v) is 53.2. The van der Waals surface area contributed by atoms with Crippen molar-refractivity contribution < 1.29 is 153 Å². The first-order valence-electron chi connectivity index (χ1n) is 26.5. The summed E-state index contributed by atoms with van der Waals surface area (Å²) >= 11 is 0. The predicted octanol–water partition coefficient (Wildman–Crippen LogP) is -0.725. The minimum atomic E-state index is -1.32. The lowest BCUT2D eigenvalue weighted by Gasteiger charge is -2.25. The molecule has 31 heteroatoms. The second-order valence-electron chi connectivity index (χ2n) is 23.4. The van der Waals surface area contributed by atoms with Crippen molar-refractivity contribution in [2.45, 2.75) is 57.0 Å². The van der Waals surface area contributed by atoms with E-state index in [-0.39, 0.29) is 53.7 Å². The van der Waals surface area contributed by atoms with E-state index in [2.05, 4.69) is 4.74 Å². The van der Waals surface area contributed by atoms with Crippen LogP contribution in [0.25, 0.3) is 0 Å². The minimum Gasteiger partial charge on any atom is -0.872 e. The molecule has 0 saturated heterocycles. The zero-order valence-electron chi connectivity index (χ0n) is 53.2. The number of likely N-dealkylation sites (N-methyl/N-ethyl adjacent to an activating group) is 4. The lowest BCUT2D eigenvalue weighted by Crippen LogP contribution is -2.42. The van der Waals surface area contributed by atoms with Crippen LogP contribution in [0.1, 0.15) is 72.7 Å². The quantitative estimate of drug-likeness (QED) is 0.0432. The van der Waals surface area contributed by atoms with E-state index in [0.29, 0.717) is 55.4 Å². The highest BCUT2D eigenvalue weighted by Crippen LogP contribution is 2.32. The molecule has 0 aliphatic rings. The van der Waals surface area contributed by atoms with Crippen LogP contribution in [0.4, 0.5) is 0 Å². The fourth-order valence-corrected chi connectivity index (χ4v) is 6.79. The number of aliphatic carboxylic acids is 4. The molecule has 31 nitrogen and oxygen atoms in total. The lowest BCUT2D eigenvalue weighted by atomic mass is 10.1. The van der Waals surface area contributed by atoms with Gasteiger partial charge in [-0.05, 0) is 55.1 Å². The lowest BCUT2D eigenvalue weighted by molar-refractivity contribution is -0.873. The molecular weight excluding hydrogens is 1200 g/mol. The number of carboxylic acid groups (broad SMARTS) is 8. The van der Waals surface area contributed by atoms with Crippen molar-refractivity contribution in [2.24, 2.45) is 0 Å². The summed E-state index contributed by atoms with van der Waals surface area (Å²) in [5.41, 5.74) is -0.219. The van der Waals surface area contributed by atoms with Gasteiger partial charge in [0.05, 0.1) is 147 Å². The van der Waals surface area contributed by atoms with Crippen LogP contribution in [0, 0.1) is 6.92 Å². The molecule has 0 fully saturated rings. The number of rotatable bonds is 22. The van der Waals surface area contributed by atoms with Gasteiger partial charge in [-0.15, -0.1) is 0 Å². The topological polar surface area (TPSA) is 510 Å². The molecule has 0 aliphatic heterocycles. The van der Waals surface area contributed by atoms with Gasteiger partial charge in [0, 0.05) is 5.56 Å². The summed E-state index contributed by atoms with van der Waals surface area (Å²) in [6.07, 6.45) is -3.66. The van der Waals surface area contributed by atoms with Crippen molar-refractivity contribution in [3.8, 4) is 40.2 Å². The molecule has 4 atom stereocenters. The third-order valence-corrected chi connectivity index (χ3v) is 10.2. The van der Waals surface area contributed by atoms with Gasteiger partial charge in [-0.3, -0.25) is 19.2 Å². The van der Waals surface area contributed by atoms with E-state index < -0.39 is 101 Å². The third-order valence-electron chi connectivity index (χ3n) is 10.2. The summed E-state index contributed by atoms with van der Waals surface area (Å²) in [4.78, 5) is 82.0. The number of benzene rings is 4. The Labute approximate surface area is 521 Å². The van der Waals surface area contributed by atoms with Crippen molar-refractivity contribution in [1.29, 1.82) is 0 Å². The molecule has 0 saturated carbocycles. The Morgan fingerprint density at radius 3 is 0.933 bits per heavy atom. The number of phenols is 2. The number of aryl methyl sites for hydroxylation is 1. The van der Waals surface area contributed by atoms with Crippen LogP contribution in [0.15, 0.2) is 72.8 Å². The Morgan fingerprint density at radius 1 is 0.411 bits per heavy atom. The van der Waals surface area contributed by atoms with Crippen LogP contribution in [0.5, 0.6) is 40.2 Å². The molecule has 508 valence electrons. The minimum absolute atomic E-state index is 0.0508. The Balaban J connectivity index is -0.000000470. The average molecular weight is 1290 g/mol. The van der Waals surface area contributed by atoms with Gasteiger partial charge < -0.3 is 119 Å². The van der Waals surface area contributed by atoms with E-state index in [1.54, 1.807) is 37.3 Å². The number of aromatic hydroxyl groups is 2. The van der Waals surface area contributed by atoms with Gasteiger partial charge in [-0.25, -0.2) is 14.4 Å². The van der Waals surface area contributed by atoms with Gasteiger partial charge in [0.15, 0.2) is 0 Å². The van der Waals surface area contributed by atoms with E-state index in [9.17, 15) is 58.8 Å². The van der Waals surface area contributed by atoms with E-state index >= 15 is 0 Å². The highest BCUT2D eigenvalue weighted by atomic mass is 16.5. The maximum absolute atomic E-state index is 11.1. The maximum Gasteiger partial charge on any atom is 0.335 e. The summed E-state index contributed by atoms with van der Waals surface area (Å²) in [6, 6.07) is 16.5. The second-order valence-corrected chi connectivity index (χ2v) is 23.4. The summed E-state index contributed by atoms with van der Waals surface area (Å²) in [5.74, 6) is -11.9. The molecular formula is C59H90N4O27. The first-order valence-corrected chi connectivity index (χ1v) is 26.5. The molecule has 4 aromatic carbocycles. The SMILES string of the molecule is COc1cccc(C(=O)O)c1[O-].COc1ccccc1C(=O)[O-].C[N+](C)(C)CC(O)CC(=O)O.C[N+](C)(C)CC(O)CC(=O)O.C[N+](C)(C)CC(O)CC(=O)O.C[N+](C)(C)CC(O)CC(=O)O.Cc1cccc(C(=O)O)c1[O-].O=C(O)c1cc(O)c([O-])c(O)c1. The molecule has 13 N–H and O–H groups in total. The Bertz CT molecular complexity index is 2730. The molecule has 0 bridgehead atoms. The van der Waals surface area contributed by atoms with Crippen LogP contribution in [-0.2, 0) is 19.2 Å². The van der Waals surface area contributed by atoms with Crippen molar-refractivity contribution in [3.63, 3.8) is 0 Å².